The van der Waals surface area contributed by atoms with Crippen molar-refractivity contribution in [2.75, 3.05) is 7.11 Å². The molecule has 3 rings (SSSR count). The second-order valence-corrected chi connectivity index (χ2v) is 4.43. The first-order valence-electron chi connectivity index (χ1n) is 5.94. The van der Waals surface area contributed by atoms with Crippen molar-refractivity contribution in [1.29, 1.82) is 0 Å². The van der Waals surface area contributed by atoms with Gasteiger partial charge >= 0.3 is 0 Å². The molecule has 1 heterocycles. The highest BCUT2D eigenvalue weighted by molar-refractivity contribution is 5.66. The molecule has 1 aliphatic rings. The van der Waals surface area contributed by atoms with Crippen molar-refractivity contribution in [2.24, 2.45) is 0 Å². The smallest absolute Gasteiger partial charge is 0.134 e. The van der Waals surface area contributed by atoms with Crippen LogP contribution in [0.2, 0.25) is 0 Å². The molecule has 0 radical (unpaired) electrons. The van der Waals surface area contributed by atoms with Crippen LogP contribution in [0.15, 0.2) is 36.4 Å². The molecule has 0 aromatic heterocycles. The Labute approximate surface area is 105 Å². The van der Waals surface area contributed by atoms with Gasteiger partial charge in [-0.05, 0) is 34.9 Å². The minimum atomic E-state index is -0.250. The molecule has 0 bridgehead atoms. The van der Waals surface area contributed by atoms with Crippen LogP contribution < -0.4 is 10.1 Å². The van der Waals surface area contributed by atoms with Crippen molar-refractivity contribution >= 4 is 0 Å². The molecule has 0 unspecified atom stereocenters. The number of nitrogens with one attached hydrogen (secondary N) is 1. The molecule has 92 valence electrons. The van der Waals surface area contributed by atoms with Crippen molar-refractivity contribution in [3.63, 3.8) is 0 Å². The predicted molar refractivity (Wildman–Crippen MR) is 68.9 cm³/mol. The summed E-state index contributed by atoms with van der Waals surface area (Å²) in [6, 6.07) is 11.0. The van der Waals surface area contributed by atoms with Crippen molar-refractivity contribution in [1.82, 2.24) is 5.32 Å². The highest BCUT2D eigenvalue weighted by Gasteiger charge is 2.12. The molecule has 0 fully saturated rings. The minimum absolute atomic E-state index is 0.250. The fourth-order valence-corrected chi connectivity index (χ4v) is 2.32. The van der Waals surface area contributed by atoms with Crippen LogP contribution in [0.5, 0.6) is 5.75 Å². The molecule has 0 amide bonds. The molecule has 0 aliphatic carbocycles. The highest BCUT2D eigenvalue weighted by atomic mass is 19.1. The summed E-state index contributed by atoms with van der Waals surface area (Å²) in [5.41, 5.74) is 4.08. The molecule has 3 heteroatoms. The second-order valence-electron chi connectivity index (χ2n) is 4.43. The number of fused-ring (bicyclic) bond motifs is 1. The van der Waals surface area contributed by atoms with Gasteiger partial charge in [-0.15, -0.1) is 0 Å². The number of hydrogen-bond acceptors (Lipinski definition) is 2. The maximum absolute atomic E-state index is 14.0. The Balaban J connectivity index is 2.04. The first-order chi connectivity index (χ1) is 8.78. The van der Waals surface area contributed by atoms with Crippen LogP contribution in [0.4, 0.5) is 4.39 Å². The summed E-state index contributed by atoms with van der Waals surface area (Å²) < 4.78 is 19.0. The highest BCUT2D eigenvalue weighted by Crippen LogP contribution is 2.29. The molecule has 1 aliphatic heterocycles. The zero-order valence-corrected chi connectivity index (χ0v) is 10.2. The summed E-state index contributed by atoms with van der Waals surface area (Å²) in [5, 5.41) is 3.29. The maximum atomic E-state index is 14.0. The number of ether oxygens (including phenoxy) is 1. The van der Waals surface area contributed by atoms with E-state index in [2.05, 4.69) is 17.4 Å². The summed E-state index contributed by atoms with van der Waals surface area (Å²) in [7, 11) is 1.54. The van der Waals surface area contributed by atoms with Crippen LogP contribution in [0.25, 0.3) is 11.1 Å². The van der Waals surface area contributed by atoms with Crippen molar-refractivity contribution < 1.29 is 9.13 Å². The fourth-order valence-electron chi connectivity index (χ4n) is 2.32. The summed E-state index contributed by atoms with van der Waals surface area (Å²) in [6.45, 7) is 1.77. The summed E-state index contributed by atoms with van der Waals surface area (Å²) in [5.74, 6) is 0.291. The van der Waals surface area contributed by atoms with Gasteiger partial charge in [0, 0.05) is 24.7 Å². The predicted octanol–water partition coefficient (Wildman–Crippen LogP) is 3.10. The Morgan fingerprint density at radius 3 is 2.67 bits per heavy atom. The largest absolute Gasteiger partial charge is 0.497 e. The van der Waals surface area contributed by atoms with E-state index in [1.165, 1.54) is 24.3 Å². The number of hydrogen-bond donors (Lipinski definition) is 1. The van der Waals surface area contributed by atoms with E-state index in [1.807, 2.05) is 6.07 Å². The lowest BCUT2D eigenvalue weighted by atomic mass is 10.00. The molecule has 18 heavy (non-hydrogen) atoms. The van der Waals surface area contributed by atoms with E-state index >= 15 is 0 Å². The summed E-state index contributed by atoms with van der Waals surface area (Å²) in [4.78, 5) is 0. The molecular weight excluding hydrogens is 229 g/mol. The normalized spacial score (nSPS) is 13.4. The van der Waals surface area contributed by atoms with E-state index in [-0.39, 0.29) is 5.82 Å². The average Bonchev–Trinajstić information content (AvgIpc) is 2.85. The number of methoxy groups -OCH3 is 1. The second kappa shape index (κ2) is 4.42. The summed E-state index contributed by atoms with van der Waals surface area (Å²) >= 11 is 0. The number of rotatable bonds is 2. The van der Waals surface area contributed by atoms with Crippen LogP contribution in [-0.4, -0.2) is 7.11 Å². The SMILES string of the molecule is COc1ccc(-c2ccc3c(c2)CNC3)c(F)c1. The van der Waals surface area contributed by atoms with E-state index < -0.39 is 0 Å². The monoisotopic (exact) mass is 243 g/mol. The minimum Gasteiger partial charge on any atom is -0.497 e. The fraction of sp³-hybridized carbons (Fsp3) is 0.200. The Hall–Kier alpha value is -1.87. The van der Waals surface area contributed by atoms with Gasteiger partial charge in [0.2, 0.25) is 0 Å². The molecule has 0 saturated carbocycles. The first-order valence-corrected chi connectivity index (χ1v) is 5.94. The quantitative estimate of drug-likeness (QED) is 0.875. The van der Waals surface area contributed by atoms with Gasteiger partial charge in [-0.1, -0.05) is 12.1 Å². The molecule has 1 N–H and O–H groups in total. The lowest BCUT2D eigenvalue weighted by molar-refractivity contribution is 0.411. The van der Waals surface area contributed by atoms with E-state index in [4.69, 9.17) is 4.74 Å². The Kier molecular flexibility index (Phi) is 2.76. The third-order valence-electron chi connectivity index (χ3n) is 3.32. The van der Waals surface area contributed by atoms with Gasteiger partial charge < -0.3 is 10.1 Å². The van der Waals surface area contributed by atoms with Crippen LogP contribution in [-0.2, 0) is 13.1 Å². The Morgan fingerprint density at radius 2 is 1.89 bits per heavy atom. The lowest BCUT2D eigenvalue weighted by Gasteiger charge is -2.07. The third kappa shape index (κ3) is 1.87. The molecular formula is C15H14FNO. The van der Waals surface area contributed by atoms with Crippen LogP contribution in [0, 0.1) is 5.82 Å². The topological polar surface area (TPSA) is 21.3 Å². The molecule has 0 atom stereocenters. The van der Waals surface area contributed by atoms with Crippen molar-refractivity contribution in [3.8, 4) is 16.9 Å². The van der Waals surface area contributed by atoms with Crippen molar-refractivity contribution in [3.05, 3.63) is 53.3 Å². The zero-order valence-electron chi connectivity index (χ0n) is 10.2. The van der Waals surface area contributed by atoms with Crippen LogP contribution >= 0.6 is 0 Å². The lowest BCUT2D eigenvalue weighted by Crippen LogP contribution is -1.99. The molecule has 2 nitrogen and oxygen atoms in total. The third-order valence-corrected chi connectivity index (χ3v) is 3.32. The first kappa shape index (κ1) is 11.2. The van der Waals surface area contributed by atoms with Gasteiger partial charge in [-0.25, -0.2) is 4.39 Å². The molecule has 0 saturated heterocycles. The van der Waals surface area contributed by atoms with Crippen molar-refractivity contribution in [2.45, 2.75) is 13.1 Å². The van der Waals surface area contributed by atoms with Gasteiger partial charge in [-0.2, -0.15) is 0 Å². The average molecular weight is 243 g/mol. The number of halogens is 1. The Morgan fingerprint density at radius 1 is 1.06 bits per heavy atom. The van der Waals surface area contributed by atoms with E-state index in [1.54, 1.807) is 12.1 Å². The zero-order chi connectivity index (χ0) is 12.5. The van der Waals surface area contributed by atoms with Gasteiger partial charge in [0.25, 0.3) is 0 Å². The molecule has 2 aromatic carbocycles. The molecule has 0 spiro atoms. The van der Waals surface area contributed by atoms with E-state index in [0.717, 1.165) is 18.7 Å². The number of benzene rings is 2. The van der Waals surface area contributed by atoms with E-state index in [9.17, 15) is 4.39 Å². The maximum Gasteiger partial charge on any atom is 0.134 e. The Bertz CT molecular complexity index is 595. The van der Waals surface area contributed by atoms with Crippen LogP contribution in [0.1, 0.15) is 11.1 Å². The van der Waals surface area contributed by atoms with Crippen LogP contribution in [0.3, 0.4) is 0 Å². The van der Waals surface area contributed by atoms with E-state index in [0.29, 0.717) is 11.3 Å². The van der Waals surface area contributed by atoms with Gasteiger partial charge in [0.1, 0.15) is 11.6 Å². The van der Waals surface area contributed by atoms with Gasteiger partial charge in [0.15, 0.2) is 0 Å². The molecule has 2 aromatic rings. The van der Waals surface area contributed by atoms with Gasteiger partial charge in [-0.3, -0.25) is 0 Å². The van der Waals surface area contributed by atoms with Gasteiger partial charge in [0.05, 0.1) is 7.11 Å². The summed E-state index contributed by atoms with van der Waals surface area (Å²) in [6.07, 6.45) is 0. The standard InChI is InChI=1S/C15H14FNO/c1-18-13-4-5-14(15(16)7-13)10-2-3-11-8-17-9-12(11)6-10/h2-7,17H,8-9H2,1H3.